The Balaban J connectivity index is 1.64. The molecule has 12 nitrogen and oxygen atoms in total. The van der Waals surface area contributed by atoms with Crippen LogP contribution in [0.25, 0.3) is 0 Å². The van der Waals surface area contributed by atoms with Crippen LogP contribution in [-0.2, 0) is 41.3 Å². The van der Waals surface area contributed by atoms with E-state index in [1.165, 1.54) is 16.5 Å². The van der Waals surface area contributed by atoms with Crippen LogP contribution in [0, 0.1) is 5.41 Å². The summed E-state index contributed by atoms with van der Waals surface area (Å²) < 4.78 is 17.9. The first kappa shape index (κ1) is 46.5. The van der Waals surface area contributed by atoms with E-state index in [2.05, 4.69) is 64.3 Å². The summed E-state index contributed by atoms with van der Waals surface area (Å²) >= 11 is 0. The summed E-state index contributed by atoms with van der Waals surface area (Å²) in [7, 11) is 0. The molecule has 1 heterocycles. The number of anilines is 2. The molecule has 12 heteroatoms. The Labute approximate surface area is 350 Å². The van der Waals surface area contributed by atoms with E-state index < -0.39 is 47.2 Å². The van der Waals surface area contributed by atoms with Gasteiger partial charge >= 0.3 is 6.03 Å². The van der Waals surface area contributed by atoms with Crippen molar-refractivity contribution < 1.29 is 38.2 Å². The molecule has 59 heavy (non-hydrogen) atoms. The highest BCUT2D eigenvalue weighted by Crippen LogP contribution is 2.39. The van der Waals surface area contributed by atoms with E-state index in [4.69, 9.17) is 14.2 Å². The van der Waals surface area contributed by atoms with Crippen molar-refractivity contribution in [2.24, 2.45) is 5.41 Å². The summed E-state index contributed by atoms with van der Waals surface area (Å²) in [5.74, 6) is -1.92. The number of Topliss-reactive ketones (excluding diaryl/α,β-unsaturated/α-hetero) is 1. The number of hydrogen-bond acceptors (Lipinski definition) is 8. The van der Waals surface area contributed by atoms with Crippen LogP contribution >= 0.6 is 0 Å². The molecular formula is C47H64N4O8. The highest BCUT2D eigenvalue weighted by Gasteiger charge is 2.54. The van der Waals surface area contributed by atoms with Gasteiger partial charge in [-0.1, -0.05) is 118 Å². The van der Waals surface area contributed by atoms with E-state index in [0.717, 1.165) is 36.8 Å². The van der Waals surface area contributed by atoms with Crippen LogP contribution in [0.1, 0.15) is 119 Å². The predicted octanol–water partition coefficient (Wildman–Crippen LogP) is 9.01. The molecule has 1 aliphatic rings. The third kappa shape index (κ3) is 11.3. The van der Waals surface area contributed by atoms with Gasteiger partial charge < -0.3 is 24.8 Å². The Morgan fingerprint density at radius 3 is 2.05 bits per heavy atom. The minimum absolute atomic E-state index is 0.0194. The van der Waals surface area contributed by atoms with Crippen LogP contribution < -0.4 is 20.1 Å². The first-order valence-electron chi connectivity index (χ1n) is 20.8. The maximum absolute atomic E-state index is 14.4. The summed E-state index contributed by atoms with van der Waals surface area (Å²) in [6.07, 6.45) is 2.09. The number of carbonyl (C=O) groups is 5. The van der Waals surface area contributed by atoms with Gasteiger partial charge in [0.05, 0.1) is 18.8 Å². The number of ketones is 1. The molecule has 1 saturated heterocycles. The number of nitrogens with zero attached hydrogens (tertiary/aromatic N) is 2. The number of unbranched alkanes of at least 4 members (excludes halogenated alkanes) is 1. The largest absolute Gasteiger partial charge is 0.491 e. The normalized spacial score (nSPS) is 15.3. The molecule has 2 N–H and O–H groups in total. The molecule has 3 aromatic carbocycles. The molecule has 0 bridgehead atoms. The number of carbonyl (C=O) groups excluding carboxylic acids is 5. The van der Waals surface area contributed by atoms with E-state index in [9.17, 15) is 24.0 Å². The maximum atomic E-state index is 14.4. The number of imide groups is 1. The average molecular weight is 813 g/mol. The fraction of sp³-hybridized carbons (Fsp3) is 0.511. The Morgan fingerprint density at radius 1 is 0.780 bits per heavy atom. The van der Waals surface area contributed by atoms with Gasteiger partial charge in [-0.25, -0.2) is 9.69 Å². The molecule has 0 aliphatic carbocycles. The topological polar surface area (TPSA) is 144 Å². The molecule has 1 fully saturated rings. The number of amides is 5. The lowest BCUT2D eigenvalue weighted by Crippen LogP contribution is -2.55. The van der Waals surface area contributed by atoms with E-state index in [1.807, 2.05) is 43.3 Å². The summed E-state index contributed by atoms with van der Waals surface area (Å²) in [5, 5.41) is 5.62. The van der Waals surface area contributed by atoms with Crippen molar-refractivity contribution in [2.75, 3.05) is 30.5 Å². The van der Waals surface area contributed by atoms with Crippen LogP contribution in [0.5, 0.6) is 11.5 Å². The van der Waals surface area contributed by atoms with Gasteiger partial charge in [0.1, 0.15) is 11.5 Å². The van der Waals surface area contributed by atoms with Crippen molar-refractivity contribution in [1.82, 2.24) is 9.80 Å². The van der Waals surface area contributed by atoms with Crippen LogP contribution in [0.4, 0.5) is 16.2 Å². The summed E-state index contributed by atoms with van der Waals surface area (Å²) in [5.41, 5.74) is 2.06. The lowest BCUT2D eigenvalue weighted by atomic mass is 9.76. The summed E-state index contributed by atoms with van der Waals surface area (Å²) in [6.45, 7) is 21.8. The van der Waals surface area contributed by atoms with Crippen molar-refractivity contribution >= 4 is 40.9 Å². The minimum Gasteiger partial charge on any atom is -0.491 e. The molecule has 0 aromatic heterocycles. The van der Waals surface area contributed by atoms with Gasteiger partial charge in [0, 0.05) is 23.3 Å². The number of nitrogens with one attached hydrogen (secondary N) is 2. The number of rotatable bonds is 20. The first-order chi connectivity index (χ1) is 27.8. The van der Waals surface area contributed by atoms with Gasteiger partial charge in [0.15, 0.2) is 18.4 Å². The van der Waals surface area contributed by atoms with Crippen molar-refractivity contribution in [3.8, 4) is 11.5 Å². The molecule has 1 aliphatic heterocycles. The van der Waals surface area contributed by atoms with Gasteiger partial charge in [-0.2, -0.15) is 0 Å². The van der Waals surface area contributed by atoms with Gasteiger partial charge in [0.25, 0.3) is 17.7 Å². The van der Waals surface area contributed by atoms with E-state index in [-0.39, 0.29) is 42.0 Å². The van der Waals surface area contributed by atoms with Crippen molar-refractivity contribution in [1.29, 1.82) is 0 Å². The molecule has 3 aromatic rings. The van der Waals surface area contributed by atoms with Crippen LogP contribution in [-0.4, -0.2) is 71.4 Å². The van der Waals surface area contributed by atoms with E-state index in [0.29, 0.717) is 22.9 Å². The summed E-state index contributed by atoms with van der Waals surface area (Å²) in [4.78, 5) is 72.0. The second-order valence-electron chi connectivity index (χ2n) is 17.4. The van der Waals surface area contributed by atoms with Crippen LogP contribution in [0.2, 0.25) is 0 Å². The molecule has 320 valence electrons. The SMILES string of the molecule is CCCCOc1ccc(NC(=O)COc2ccc(C(C)(C)CC)cc2C(C)(C)CC)cc1NC(=O)C(C(=O)C(C)(C)C)N1C(=O)C(OCC)N(Cc2ccccc2)C1=O. The molecule has 0 spiro atoms. The molecule has 0 saturated carbocycles. The third-order valence-corrected chi connectivity index (χ3v) is 11.1. The molecule has 2 atom stereocenters. The fourth-order valence-electron chi connectivity index (χ4n) is 6.54. The van der Waals surface area contributed by atoms with Gasteiger partial charge in [-0.15, -0.1) is 0 Å². The highest BCUT2D eigenvalue weighted by molar-refractivity contribution is 6.19. The number of urea groups is 1. The fourth-order valence-corrected chi connectivity index (χ4v) is 6.54. The Morgan fingerprint density at radius 2 is 1.44 bits per heavy atom. The monoisotopic (exact) mass is 812 g/mol. The first-order valence-corrected chi connectivity index (χ1v) is 20.8. The quantitative estimate of drug-likeness (QED) is 0.0654. The second kappa shape index (κ2) is 19.7. The predicted molar refractivity (Wildman–Crippen MR) is 231 cm³/mol. The summed E-state index contributed by atoms with van der Waals surface area (Å²) in [6, 6.07) is 17.3. The van der Waals surface area contributed by atoms with Crippen molar-refractivity contribution in [3.05, 3.63) is 83.4 Å². The number of benzene rings is 3. The lowest BCUT2D eigenvalue weighted by molar-refractivity contribution is -0.149. The molecular weight excluding hydrogens is 749 g/mol. The average Bonchev–Trinajstić information content (AvgIpc) is 3.41. The molecule has 4 rings (SSSR count). The second-order valence-corrected chi connectivity index (χ2v) is 17.4. The Kier molecular flexibility index (Phi) is 15.5. The van der Waals surface area contributed by atoms with E-state index in [1.54, 1.807) is 39.8 Å². The zero-order chi connectivity index (χ0) is 43.7. The zero-order valence-electron chi connectivity index (χ0n) is 36.8. The van der Waals surface area contributed by atoms with Gasteiger partial charge in [-0.05, 0) is 72.4 Å². The van der Waals surface area contributed by atoms with Gasteiger partial charge in [0.2, 0.25) is 6.23 Å². The standard InChI is InChI=1S/C47H64N4O8/c1-12-16-26-58-37-25-23-33(48-38(52)30-59-36-24-22-32(46(8,9)13-2)27-34(36)47(10,11)14-3)28-35(37)49-41(54)39(40(53)45(5,6)7)51-42(55)43(57-15-4)50(44(51)56)29-31-20-18-17-19-21-31/h17-25,27-28,39,43H,12-16,26,29-30H2,1-11H3,(H,48,52)(H,49,54). The Bertz CT molecular complexity index is 1970. The number of hydrogen-bond donors (Lipinski definition) is 2. The van der Waals surface area contributed by atoms with Gasteiger partial charge in [-0.3, -0.25) is 24.1 Å². The molecule has 0 radical (unpaired) electrons. The lowest BCUT2D eigenvalue weighted by Gasteiger charge is -2.30. The Hall–Kier alpha value is -5.23. The smallest absolute Gasteiger partial charge is 0.330 e. The molecule has 5 amide bonds. The third-order valence-electron chi connectivity index (χ3n) is 11.1. The van der Waals surface area contributed by atoms with Crippen molar-refractivity contribution in [2.45, 2.75) is 131 Å². The molecule has 2 unspecified atom stereocenters. The highest BCUT2D eigenvalue weighted by atomic mass is 16.5. The van der Waals surface area contributed by atoms with Crippen LogP contribution in [0.3, 0.4) is 0 Å². The number of ether oxygens (including phenoxy) is 3. The zero-order valence-corrected chi connectivity index (χ0v) is 36.8. The van der Waals surface area contributed by atoms with E-state index >= 15 is 0 Å². The van der Waals surface area contributed by atoms with Crippen LogP contribution in [0.15, 0.2) is 66.7 Å². The van der Waals surface area contributed by atoms with Crippen molar-refractivity contribution in [3.63, 3.8) is 0 Å². The minimum atomic E-state index is -1.84. The maximum Gasteiger partial charge on any atom is 0.330 e.